The maximum absolute atomic E-state index is 12.3. The molecule has 0 unspecified atom stereocenters. The van der Waals surface area contributed by atoms with Crippen LogP contribution in [0, 0.1) is 0 Å². The fourth-order valence-electron chi connectivity index (χ4n) is 2.44. The van der Waals surface area contributed by atoms with Crippen LogP contribution in [0.1, 0.15) is 10.4 Å². The molecule has 0 radical (unpaired) electrons. The zero-order valence-corrected chi connectivity index (χ0v) is 14.8. The number of hydrogen-bond donors (Lipinski definition) is 0. The summed E-state index contributed by atoms with van der Waals surface area (Å²) < 4.78 is 5.61. The zero-order valence-electron chi connectivity index (χ0n) is 13.0. The van der Waals surface area contributed by atoms with E-state index in [1.807, 2.05) is 78.9 Å². The highest BCUT2D eigenvalue weighted by molar-refractivity contribution is 8.21. The lowest BCUT2D eigenvalue weighted by Gasteiger charge is -2.23. The molecule has 2 nitrogen and oxygen atoms in total. The first kappa shape index (κ1) is 16.6. The van der Waals surface area contributed by atoms with Crippen LogP contribution in [0.25, 0.3) is 0 Å². The molecule has 0 spiro atoms. The fraction of sp³-hybridized carbons (Fsp3) is 0.0500. The summed E-state index contributed by atoms with van der Waals surface area (Å²) in [6.07, 6.45) is 0.212. The molecule has 120 valence electrons. The molecule has 3 rings (SSSR count). The summed E-state index contributed by atoms with van der Waals surface area (Å²) in [5.74, 6) is -0.336. The fourth-order valence-corrected chi connectivity index (χ4v) is 5.53. The monoisotopic (exact) mass is 352 g/mol. The van der Waals surface area contributed by atoms with Gasteiger partial charge >= 0.3 is 5.97 Å². The number of carbonyl (C=O) groups excluding carboxylic acids is 1. The second-order valence-electron chi connectivity index (χ2n) is 5.34. The van der Waals surface area contributed by atoms with E-state index in [9.17, 15) is 4.79 Å². The first-order valence-corrected chi connectivity index (χ1v) is 10.6. The molecule has 0 aliphatic carbocycles. The Hall–Kier alpha value is -2.22. The van der Waals surface area contributed by atoms with Gasteiger partial charge in [0.05, 0.1) is 5.56 Å². The Bertz CT molecular complexity index is 805. The molecule has 0 bridgehead atoms. The van der Waals surface area contributed by atoms with Crippen molar-refractivity contribution in [1.82, 2.24) is 0 Å². The highest BCUT2D eigenvalue weighted by Crippen LogP contribution is 2.43. The third kappa shape index (κ3) is 3.64. The Balaban J connectivity index is 1.89. The van der Waals surface area contributed by atoms with Crippen molar-refractivity contribution in [3.05, 3.63) is 96.6 Å². The van der Waals surface area contributed by atoms with Gasteiger partial charge in [0, 0.05) is 6.04 Å². The van der Waals surface area contributed by atoms with Crippen LogP contribution in [0.4, 0.5) is 0 Å². The number of carbonyl (C=O) groups is 1. The Morgan fingerprint density at radius 3 is 1.62 bits per heavy atom. The average molecular weight is 352 g/mol. The largest absolute Gasteiger partial charge is 0.456 e. The van der Waals surface area contributed by atoms with Crippen molar-refractivity contribution < 1.29 is 9.53 Å². The minimum absolute atomic E-state index is 0.212. The second-order valence-corrected chi connectivity index (χ2v) is 9.98. The molecule has 0 aliphatic rings. The molecule has 0 amide bonds. The summed E-state index contributed by atoms with van der Waals surface area (Å²) >= 11 is 6.04. The van der Waals surface area contributed by atoms with E-state index in [2.05, 4.69) is 0 Å². The van der Waals surface area contributed by atoms with E-state index >= 15 is 0 Å². The van der Waals surface area contributed by atoms with E-state index in [0.717, 1.165) is 10.6 Å². The standard InChI is InChI=1S/C20H17O2PS/c21-20(17-10-4-1-5-11-17)22-16-23(24,18-12-6-2-7-13-18)19-14-8-3-9-15-19/h1-15H,16H2. The minimum atomic E-state index is -2.21. The summed E-state index contributed by atoms with van der Waals surface area (Å²) in [5.41, 5.74) is 0.542. The van der Waals surface area contributed by atoms with E-state index in [-0.39, 0.29) is 12.3 Å². The van der Waals surface area contributed by atoms with Gasteiger partial charge < -0.3 is 4.74 Å². The molecule has 0 N–H and O–H groups in total. The molecular weight excluding hydrogens is 335 g/mol. The molecule has 0 aliphatic heterocycles. The second kappa shape index (κ2) is 7.57. The Morgan fingerprint density at radius 2 is 1.17 bits per heavy atom. The number of rotatable bonds is 5. The molecular formula is C20H17O2PS. The Morgan fingerprint density at radius 1 is 0.750 bits per heavy atom. The predicted octanol–water partition coefficient (Wildman–Crippen LogP) is 3.93. The summed E-state index contributed by atoms with van der Waals surface area (Å²) in [5, 5.41) is 2.10. The van der Waals surface area contributed by atoms with Crippen molar-refractivity contribution in [2.45, 2.75) is 0 Å². The van der Waals surface area contributed by atoms with Crippen molar-refractivity contribution in [3.8, 4) is 0 Å². The van der Waals surface area contributed by atoms with Crippen molar-refractivity contribution in [2.24, 2.45) is 0 Å². The normalized spacial score (nSPS) is 11.0. The Kier molecular flexibility index (Phi) is 5.24. The maximum Gasteiger partial charge on any atom is 0.338 e. The molecule has 0 aromatic heterocycles. The lowest BCUT2D eigenvalue weighted by atomic mass is 10.2. The average Bonchev–Trinajstić information content (AvgIpc) is 2.68. The van der Waals surface area contributed by atoms with E-state index in [0.29, 0.717) is 5.56 Å². The SMILES string of the molecule is O=C(OCP(=S)(c1ccccc1)c1ccccc1)c1ccccc1. The summed E-state index contributed by atoms with van der Waals surface area (Å²) in [6.45, 7) is 0. The Labute approximate surface area is 147 Å². The highest BCUT2D eigenvalue weighted by atomic mass is 32.4. The number of benzene rings is 3. The van der Waals surface area contributed by atoms with Crippen LogP contribution < -0.4 is 10.6 Å². The third-order valence-electron chi connectivity index (χ3n) is 3.73. The first-order chi connectivity index (χ1) is 11.7. The van der Waals surface area contributed by atoms with Crippen LogP contribution >= 0.6 is 6.04 Å². The van der Waals surface area contributed by atoms with Gasteiger partial charge in [-0.05, 0) is 22.7 Å². The zero-order chi connectivity index (χ0) is 16.8. The van der Waals surface area contributed by atoms with E-state index < -0.39 is 6.04 Å². The molecule has 0 heterocycles. The smallest absolute Gasteiger partial charge is 0.338 e. The van der Waals surface area contributed by atoms with Gasteiger partial charge in [0.15, 0.2) is 0 Å². The van der Waals surface area contributed by atoms with E-state index in [1.165, 1.54) is 0 Å². The van der Waals surface area contributed by atoms with Gasteiger partial charge in [-0.15, -0.1) is 0 Å². The molecule has 4 heteroatoms. The number of hydrogen-bond acceptors (Lipinski definition) is 3. The topological polar surface area (TPSA) is 26.3 Å². The molecule has 0 fully saturated rings. The quantitative estimate of drug-likeness (QED) is 0.514. The van der Waals surface area contributed by atoms with Crippen molar-refractivity contribution >= 4 is 34.4 Å². The van der Waals surface area contributed by atoms with Crippen molar-refractivity contribution in [2.75, 3.05) is 6.35 Å². The first-order valence-electron chi connectivity index (χ1n) is 7.62. The van der Waals surface area contributed by atoms with Crippen LogP contribution in [0.3, 0.4) is 0 Å². The van der Waals surface area contributed by atoms with Gasteiger partial charge in [-0.2, -0.15) is 0 Å². The van der Waals surface area contributed by atoms with Crippen molar-refractivity contribution in [1.29, 1.82) is 0 Å². The summed E-state index contributed by atoms with van der Waals surface area (Å²) in [4.78, 5) is 12.3. The minimum Gasteiger partial charge on any atom is -0.456 e. The maximum atomic E-state index is 12.3. The van der Waals surface area contributed by atoms with Crippen molar-refractivity contribution in [3.63, 3.8) is 0 Å². The van der Waals surface area contributed by atoms with E-state index in [4.69, 9.17) is 16.5 Å². The van der Waals surface area contributed by atoms with Crippen LogP contribution in [-0.2, 0) is 16.5 Å². The van der Waals surface area contributed by atoms with Gasteiger partial charge in [0.1, 0.15) is 6.35 Å². The van der Waals surface area contributed by atoms with Gasteiger partial charge in [-0.1, -0.05) is 90.7 Å². The molecule has 0 saturated carbocycles. The summed E-state index contributed by atoms with van der Waals surface area (Å²) in [6, 6.07) is 26.7. The summed E-state index contributed by atoms with van der Waals surface area (Å²) in [7, 11) is 0. The molecule has 24 heavy (non-hydrogen) atoms. The van der Waals surface area contributed by atoms with Crippen LogP contribution in [-0.4, -0.2) is 12.3 Å². The van der Waals surface area contributed by atoms with Gasteiger partial charge in [-0.25, -0.2) is 4.79 Å². The number of esters is 1. The van der Waals surface area contributed by atoms with Crippen LogP contribution in [0.2, 0.25) is 0 Å². The molecule has 0 saturated heterocycles. The third-order valence-corrected chi connectivity index (χ3v) is 8.07. The van der Waals surface area contributed by atoms with E-state index in [1.54, 1.807) is 12.1 Å². The number of ether oxygens (including phenoxy) is 1. The lowest BCUT2D eigenvalue weighted by molar-refractivity contribution is 0.0576. The van der Waals surface area contributed by atoms with Crippen LogP contribution in [0.15, 0.2) is 91.0 Å². The molecule has 3 aromatic rings. The predicted molar refractivity (Wildman–Crippen MR) is 103 cm³/mol. The van der Waals surface area contributed by atoms with Crippen LogP contribution in [0.5, 0.6) is 0 Å². The van der Waals surface area contributed by atoms with Gasteiger partial charge in [0.25, 0.3) is 0 Å². The van der Waals surface area contributed by atoms with Gasteiger partial charge in [0.2, 0.25) is 0 Å². The molecule has 3 aromatic carbocycles. The van der Waals surface area contributed by atoms with Gasteiger partial charge in [-0.3, -0.25) is 0 Å². The highest BCUT2D eigenvalue weighted by Gasteiger charge is 2.24. The molecule has 0 atom stereocenters. The lowest BCUT2D eigenvalue weighted by Crippen LogP contribution is -2.21.